The van der Waals surface area contributed by atoms with Gasteiger partial charge in [0.15, 0.2) is 0 Å². The van der Waals surface area contributed by atoms with Gasteiger partial charge >= 0.3 is 0 Å². The lowest BCUT2D eigenvalue weighted by Crippen LogP contribution is -2.41. The van der Waals surface area contributed by atoms with Gasteiger partial charge in [-0.05, 0) is 33.2 Å². The van der Waals surface area contributed by atoms with Crippen LogP contribution < -0.4 is 10.6 Å². The van der Waals surface area contributed by atoms with E-state index < -0.39 is 0 Å². The molecule has 0 bridgehead atoms. The number of hydrogen-bond donors (Lipinski definition) is 2. The molecule has 0 aliphatic carbocycles. The zero-order valence-corrected chi connectivity index (χ0v) is 9.01. The highest BCUT2D eigenvalue weighted by molar-refractivity contribution is 5.81. The molecule has 82 valence electrons. The number of hydrogen-bond acceptors (Lipinski definition) is 3. The van der Waals surface area contributed by atoms with E-state index in [-0.39, 0.29) is 18.1 Å². The van der Waals surface area contributed by atoms with Gasteiger partial charge in [-0.15, -0.1) is 0 Å². The highest BCUT2D eigenvalue weighted by atomic mass is 16.5. The van der Waals surface area contributed by atoms with Crippen molar-refractivity contribution >= 4 is 5.91 Å². The first-order valence-electron chi connectivity index (χ1n) is 5.33. The fraction of sp³-hybridized carbons (Fsp3) is 0.900. The summed E-state index contributed by atoms with van der Waals surface area (Å²) in [6.07, 6.45) is 2.29. The summed E-state index contributed by atoms with van der Waals surface area (Å²) >= 11 is 0. The van der Waals surface area contributed by atoms with Crippen molar-refractivity contribution in [2.24, 2.45) is 0 Å². The Kier molecular flexibility index (Phi) is 4.90. The molecule has 1 heterocycles. The number of amides is 1. The third kappa shape index (κ3) is 4.07. The minimum Gasteiger partial charge on any atom is -0.377 e. The molecule has 1 amide bonds. The molecule has 1 rings (SSSR count). The van der Waals surface area contributed by atoms with Gasteiger partial charge in [0, 0.05) is 6.54 Å². The Balaban J connectivity index is 2.03. The monoisotopic (exact) mass is 200 g/mol. The first-order valence-corrected chi connectivity index (χ1v) is 5.33. The Morgan fingerprint density at radius 3 is 3.00 bits per heavy atom. The molecule has 4 heteroatoms. The number of rotatable bonds is 5. The zero-order chi connectivity index (χ0) is 10.4. The molecule has 1 fully saturated rings. The van der Waals surface area contributed by atoms with Crippen molar-refractivity contribution in [1.82, 2.24) is 10.6 Å². The molecular formula is C10H20N2O2. The predicted molar refractivity (Wildman–Crippen MR) is 55.1 cm³/mol. The summed E-state index contributed by atoms with van der Waals surface area (Å²) in [5.74, 6) is 0.106. The van der Waals surface area contributed by atoms with Crippen LogP contribution in [0.5, 0.6) is 0 Å². The molecule has 0 aromatic heterocycles. The smallest absolute Gasteiger partial charge is 0.237 e. The third-order valence-electron chi connectivity index (χ3n) is 2.23. The van der Waals surface area contributed by atoms with Crippen molar-refractivity contribution in [3.63, 3.8) is 0 Å². The largest absolute Gasteiger partial charge is 0.377 e. The lowest BCUT2D eigenvalue weighted by atomic mass is 10.2. The number of ether oxygens (including phenoxy) is 1. The average molecular weight is 200 g/mol. The molecule has 2 N–H and O–H groups in total. The molecule has 1 aliphatic rings. The normalized spacial score (nSPS) is 21.5. The van der Waals surface area contributed by atoms with E-state index in [1.54, 1.807) is 0 Å². The Hall–Kier alpha value is -0.610. The van der Waals surface area contributed by atoms with Crippen LogP contribution >= 0.6 is 0 Å². The minimum absolute atomic E-state index is 0.0223. The van der Waals surface area contributed by atoms with Gasteiger partial charge in [-0.3, -0.25) is 4.79 Å². The topological polar surface area (TPSA) is 50.4 Å². The van der Waals surface area contributed by atoms with Crippen LogP contribution in [0.4, 0.5) is 0 Å². The lowest BCUT2D eigenvalue weighted by Gasteiger charge is -2.12. The van der Waals surface area contributed by atoms with E-state index in [0.29, 0.717) is 13.2 Å². The van der Waals surface area contributed by atoms with Gasteiger partial charge in [0.05, 0.1) is 18.8 Å². The highest BCUT2D eigenvalue weighted by Gasteiger charge is 2.20. The predicted octanol–water partition coefficient (Wildman–Crippen LogP) is 0.280. The van der Waals surface area contributed by atoms with E-state index in [1.165, 1.54) is 0 Å². The quantitative estimate of drug-likeness (QED) is 0.627. The Labute approximate surface area is 85.4 Å². The summed E-state index contributed by atoms with van der Waals surface area (Å²) < 4.78 is 5.32. The molecule has 0 spiro atoms. The van der Waals surface area contributed by atoms with Crippen LogP contribution in [0.3, 0.4) is 0 Å². The van der Waals surface area contributed by atoms with E-state index >= 15 is 0 Å². The first-order chi connectivity index (χ1) is 6.70. The van der Waals surface area contributed by atoms with Crippen molar-refractivity contribution in [2.45, 2.75) is 38.8 Å². The van der Waals surface area contributed by atoms with Gasteiger partial charge in [0.2, 0.25) is 5.91 Å². The summed E-state index contributed by atoms with van der Waals surface area (Å²) in [5, 5.41) is 6.01. The van der Waals surface area contributed by atoms with E-state index in [0.717, 1.165) is 19.4 Å². The van der Waals surface area contributed by atoms with Gasteiger partial charge in [-0.25, -0.2) is 0 Å². The third-order valence-corrected chi connectivity index (χ3v) is 2.23. The maximum atomic E-state index is 11.5. The van der Waals surface area contributed by atoms with Crippen molar-refractivity contribution in [3.05, 3.63) is 0 Å². The molecule has 14 heavy (non-hydrogen) atoms. The maximum Gasteiger partial charge on any atom is 0.237 e. The van der Waals surface area contributed by atoms with Crippen LogP contribution in [0, 0.1) is 0 Å². The second-order valence-corrected chi connectivity index (χ2v) is 3.86. The maximum absolute atomic E-state index is 11.5. The standard InChI is InChI=1S/C10H20N2O2/c1-8(2)14-7-6-12-10(13)9-4-3-5-11-9/h8-9,11H,3-7H2,1-2H3,(H,12,13)/t9-/m0/s1. The van der Waals surface area contributed by atoms with Gasteiger partial charge in [0.1, 0.15) is 0 Å². The van der Waals surface area contributed by atoms with Crippen LogP contribution in [-0.2, 0) is 9.53 Å². The van der Waals surface area contributed by atoms with Crippen LogP contribution in [-0.4, -0.2) is 37.7 Å². The minimum atomic E-state index is 0.0223. The van der Waals surface area contributed by atoms with Gasteiger partial charge in [0.25, 0.3) is 0 Å². The summed E-state index contributed by atoms with van der Waals surface area (Å²) in [6, 6.07) is 0.0223. The fourth-order valence-electron chi connectivity index (χ4n) is 1.50. The number of carbonyl (C=O) groups excluding carboxylic acids is 1. The van der Waals surface area contributed by atoms with Crippen LogP contribution in [0.25, 0.3) is 0 Å². The molecule has 1 saturated heterocycles. The molecule has 0 radical (unpaired) electrons. The van der Waals surface area contributed by atoms with Crippen molar-refractivity contribution < 1.29 is 9.53 Å². The molecular weight excluding hydrogens is 180 g/mol. The summed E-state index contributed by atoms with van der Waals surface area (Å²) in [6.45, 7) is 6.13. The summed E-state index contributed by atoms with van der Waals surface area (Å²) in [4.78, 5) is 11.5. The second-order valence-electron chi connectivity index (χ2n) is 3.86. The number of nitrogens with one attached hydrogen (secondary N) is 2. The van der Waals surface area contributed by atoms with E-state index in [9.17, 15) is 4.79 Å². The highest BCUT2D eigenvalue weighted by Crippen LogP contribution is 2.03. The van der Waals surface area contributed by atoms with Crippen molar-refractivity contribution in [3.8, 4) is 0 Å². The van der Waals surface area contributed by atoms with E-state index in [2.05, 4.69) is 10.6 Å². The molecule has 0 aromatic carbocycles. The fourth-order valence-corrected chi connectivity index (χ4v) is 1.50. The first kappa shape index (κ1) is 11.5. The SMILES string of the molecule is CC(C)OCCNC(=O)[C@@H]1CCCN1. The van der Waals surface area contributed by atoms with Crippen LogP contribution in [0.15, 0.2) is 0 Å². The lowest BCUT2D eigenvalue weighted by molar-refractivity contribution is -0.123. The van der Waals surface area contributed by atoms with Crippen molar-refractivity contribution in [2.75, 3.05) is 19.7 Å². The summed E-state index contributed by atoms with van der Waals surface area (Å²) in [7, 11) is 0. The van der Waals surface area contributed by atoms with E-state index in [4.69, 9.17) is 4.74 Å². The molecule has 1 aliphatic heterocycles. The molecule has 4 nitrogen and oxygen atoms in total. The molecule has 0 unspecified atom stereocenters. The Bertz CT molecular complexity index is 177. The summed E-state index contributed by atoms with van der Waals surface area (Å²) in [5.41, 5.74) is 0. The van der Waals surface area contributed by atoms with Crippen LogP contribution in [0.2, 0.25) is 0 Å². The van der Waals surface area contributed by atoms with E-state index in [1.807, 2.05) is 13.8 Å². The van der Waals surface area contributed by atoms with Gasteiger partial charge in [-0.1, -0.05) is 0 Å². The average Bonchev–Trinajstić information content (AvgIpc) is 2.64. The molecule has 0 saturated carbocycles. The molecule has 0 aromatic rings. The molecule has 1 atom stereocenters. The zero-order valence-electron chi connectivity index (χ0n) is 9.01. The van der Waals surface area contributed by atoms with Gasteiger partial charge < -0.3 is 15.4 Å². The van der Waals surface area contributed by atoms with Crippen LogP contribution in [0.1, 0.15) is 26.7 Å². The second kappa shape index (κ2) is 5.98. The Morgan fingerprint density at radius 2 is 2.43 bits per heavy atom. The van der Waals surface area contributed by atoms with Crippen molar-refractivity contribution in [1.29, 1.82) is 0 Å². The van der Waals surface area contributed by atoms with Gasteiger partial charge in [-0.2, -0.15) is 0 Å². The number of carbonyl (C=O) groups is 1. The Morgan fingerprint density at radius 1 is 1.64 bits per heavy atom.